The van der Waals surface area contributed by atoms with Crippen LogP contribution in [-0.4, -0.2) is 16.6 Å². The van der Waals surface area contributed by atoms with Crippen LogP contribution in [0.1, 0.15) is 11.1 Å². The lowest BCUT2D eigenvalue weighted by Gasteiger charge is -2.11. The van der Waals surface area contributed by atoms with Crippen LogP contribution in [-0.2, 0) is 11.2 Å². The lowest BCUT2D eigenvalue weighted by molar-refractivity contribution is -0.115. The van der Waals surface area contributed by atoms with Gasteiger partial charge in [-0.1, -0.05) is 33.6 Å². The van der Waals surface area contributed by atoms with Crippen molar-refractivity contribution >= 4 is 33.5 Å². The molecule has 0 amide bonds. The molecule has 0 bridgehead atoms. The highest BCUT2D eigenvalue weighted by Crippen LogP contribution is 2.38. The van der Waals surface area contributed by atoms with Crippen LogP contribution in [0.4, 0.5) is 13.2 Å². The molecule has 0 fully saturated rings. The number of hydrogen-bond acceptors (Lipinski definition) is 2. The predicted octanol–water partition coefficient (Wildman–Crippen LogP) is 4.11. The Morgan fingerprint density at radius 2 is 2.06 bits per heavy atom. The van der Waals surface area contributed by atoms with Gasteiger partial charge in [0.2, 0.25) is 0 Å². The fourth-order valence-electron chi connectivity index (χ4n) is 1.33. The number of halogens is 4. The molecule has 0 saturated carbocycles. The van der Waals surface area contributed by atoms with Crippen LogP contribution >= 0.6 is 27.7 Å². The van der Waals surface area contributed by atoms with Crippen LogP contribution in [0.2, 0.25) is 0 Å². The summed E-state index contributed by atoms with van der Waals surface area (Å²) in [4.78, 5) is 11.4. The third kappa shape index (κ3) is 5.12. The van der Waals surface area contributed by atoms with Crippen molar-refractivity contribution in [2.24, 2.45) is 0 Å². The molecule has 94 valence electrons. The van der Waals surface area contributed by atoms with Crippen LogP contribution in [0.3, 0.4) is 0 Å². The molecule has 6 heteroatoms. The highest BCUT2D eigenvalue weighted by molar-refractivity contribution is 9.09. The van der Waals surface area contributed by atoms with E-state index in [4.69, 9.17) is 0 Å². The summed E-state index contributed by atoms with van der Waals surface area (Å²) in [5.74, 6) is -0.139. The van der Waals surface area contributed by atoms with Gasteiger partial charge in [0.1, 0.15) is 5.78 Å². The van der Waals surface area contributed by atoms with E-state index in [0.717, 1.165) is 5.56 Å². The van der Waals surface area contributed by atoms with Crippen molar-refractivity contribution < 1.29 is 18.0 Å². The van der Waals surface area contributed by atoms with Crippen LogP contribution in [0.5, 0.6) is 0 Å². The summed E-state index contributed by atoms with van der Waals surface area (Å²) >= 11 is 2.82. The van der Waals surface area contributed by atoms with Gasteiger partial charge in [-0.25, -0.2) is 0 Å². The van der Waals surface area contributed by atoms with E-state index >= 15 is 0 Å². The molecule has 0 heterocycles. The first-order valence-electron chi connectivity index (χ1n) is 4.75. The maximum Gasteiger partial charge on any atom is 0.446 e. The number of rotatable bonds is 4. The van der Waals surface area contributed by atoms with Gasteiger partial charge in [0.05, 0.1) is 5.33 Å². The molecule has 0 aliphatic heterocycles. The summed E-state index contributed by atoms with van der Waals surface area (Å²) in [6.07, 6.45) is 0.0192. The molecule has 0 aliphatic carbocycles. The minimum Gasteiger partial charge on any atom is -0.298 e. The summed E-state index contributed by atoms with van der Waals surface area (Å²) in [6, 6.07) is 4.63. The monoisotopic (exact) mass is 326 g/mol. The Labute approximate surface area is 110 Å². The third-order valence-electron chi connectivity index (χ3n) is 1.98. The number of benzene rings is 1. The zero-order valence-corrected chi connectivity index (χ0v) is 11.4. The Kier molecular flexibility index (Phi) is 5.06. The zero-order chi connectivity index (χ0) is 13.1. The van der Waals surface area contributed by atoms with Gasteiger partial charge in [0, 0.05) is 11.3 Å². The molecular formula is C11H10BrF3OS. The minimum absolute atomic E-state index is 0.0192. The van der Waals surface area contributed by atoms with Gasteiger partial charge in [0.15, 0.2) is 0 Å². The molecule has 1 nitrogen and oxygen atoms in total. The van der Waals surface area contributed by atoms with E-state index < -0.39 is 5.51 Å². The van der Waals surface area contributed by atoms with Crippen LogP contribution in [0, 0.1) is 6.92 Å². The van der Waals surface area contributed by atoms with Crippen LogP contribution < -0.4 is 0 Å². The third-order valence-corrected chi connectivity index (χ3v) is 3.45. The van der Waals surface area contributed by atoms with Crippen molar-refractivity contribution in [3.05, 3.63) is 29.3 Å². The molecule has 0 aliphatic rings. The van der Waals surface area contributed by atoms with E-state index in [2.05, 4.69) is 15.9 Å². The number of thioether (sulfide) groups is 1. The number of Topliss-reactive ketones (excluding diaryl/α,β-unsaturated/α-hetero) is 1. The summed E-state index contributed by atoms with van der Waals surface area (Å²) in [6.45, 7) is 1.78. The first kappa shape index (κ1) is 14.6. The summed E-state index contributed by atoms with van der Waals surface area (Å²) in [5.41, 5.74) is -3.06. The molecule has 0 spiro atoms. The topological polar surface area (TPSA) is 17.1 Å². The van der Waals surface area contributed by atoms with Crippen molar-refractivity contribution in [2.75, 3.05) is 5.33 Å². The lowest BCUT2D eigenvalue weighted by atomic mass is 10.1. The molecule has 1 aromatic carbocycles. The van der Waals surface area contributed by atoms with Gasteiger partial charge in [-0.15, -0.1) is 0 Å². The van der Waals surface area contributed by atoms with E-state index in [9.17, 15) is 18.0 Å². The fraction of sp³-hybridized carbons (Fsp3) is 0.364. The Morgan fingerprint density at radius 3 is 2.59 bits per heavy atom. The maximum absolute atomic E-state index is 12.3. The minimum atomic E-state index is -4.33. The predicted molar refractivity (Wildman–Crippen MR) is 65.6 cm³/mol. The summed E-state index contributed by atoms with van der Waals surface area (Å²) < 4.78 is 36.9. The standard InChI is InChI=1S/C11H10BrF3OS/c1-7-2-3-10(17-11(13,14)15)8(4-7)5-9(16)6-12/h2-4H,5-6H2,1H3. The van der Waals surface area contributed by atoms with Crippen molar-refractivity contribution in [3.63, 3.8) is 0 Å². The average molecular weight is 327 g/mol. The normalized spacial score (nSPS) is 11.6. The Hall–Kier alpha value is -0.490. The van der Waals surface area contributed by atoms with Gasteiger partial charge in [-0.2, -0.15) is 13.2 Å². The van der Waals surface area contributed by atoms with Crippen molar-refractivity contribution in [3.8, 4) is 0 Å². The Morgan fingerprint density at radius 1 is 1.41 bits per heavy atom. The lowest BCUT2D eigenvalue weighted by Crippen LogP contribution is -2.07. The van der Waals surface area contributed by atoms with E-state index in [0.29, 0.717) is 5.56 Å². The number of carbonyl (C=O) groups excluding carboxylic acids is 1. The first-order chi connectivity index (χ1) is 7.81. The second-order valence-corrected chi connectivity index (χ2v) is 5.18. The second-order valence-electron chi connectivity index (χ2n) is 3.51. The van der Waals surface area contributed by atoms with Gasteiger partial charge in [-0.05, 0) is 30.3 Å². The molecule has 1 aromatic rings. The van der Waals surface area contributed by atoms with E-state index in [1.54, 1.807) is 19.1 Å². The van der Waals surface area contributed by atoms with Crippen molar-refractivity contribution in [1.82, 2.24) is 0 Å². The zero-order valence-electron chi connectivity index (χ0n) is 8.97. The SMILES string of the molecule is Cc1ccc(SC(F)(F)F)c(CC(=O)CBr)c1. The fourth-order valence-corrected chi connectivity index (χ4v) is 2.18. The smallest absolute Gasteiger partial charge is 0.298 e. The van der Waals surface area contributed by atoms with Gasteiger partial charge in [0.25, 0.3) is 0 Å². The van der Waals surface area contributed by atoms with Gasteiger partial charge in [-0.3, -0.25) is 4.79 Å². The molecule has 1 rings (SSSR count). The molecule has 0 N–H and O–H groups in total. The number of ketones is 1. The van der Waals surface area contributed by atoms with Crippen LogP contribution in [0.25, 0.3) is 0 Å². The molecule has 17 heavy (non-hydrogen) atoms. The Bertz CT molecular complexity index is 418. The maximum atomic E-state index is 12.3. The molecule has 0 aromatic heterocycles. The van der Waals surface area contributed by atoms with E-state index in [1.165, 1.54) is 6.07 Å². The second kappa shape index (κ2) is 5.91. The van der Waals surface area contributed by atoms with Gasteiger partial charge >= 0.3 is 5.51 Å². The van der Waals surface area contributed by atoms with E-state index in [-0.39, 0.29) is 34.2 Å². The number of hydrogen-bond donors (Lipinski definition) is 0. The highest BCUT2D eigenvalue weighted by atomic mass is 79.9. The highest BCUT2D eigenvalue weighted by Gasteiger charge is 2.30. The summed E-state index contributed by atoms with van der Waals surface area (Å²) in [7, 11) is 0. The average Bonchev–Trinajstić information content (AvgIpc) is 2.20. The first-order valence-corrected chi connectivity index (χ1v) is 6.68. The Balaban J connectivity index is 2.99. The van der Waals surface area contributed by atoms with Crippen LogP contribution in [0.15, 0.2) is 23.1 Å². The molecule has 0 atom stereocenters. The number of alkyl halides is 4. The number of aryl methyl sites for hydroxylation is 1. The quantitative estimate of drug-likeness (QED) is 0.611. The summed E-state index contributed by atoms with van der Waals surface area (Å²) in [5, 5.41) is 0.150. The molecule has 0 unspecified atom stereocenters. The molecule has 0 radical (unpaired) electrons. The van der Waals surface area contributed by atoms with Crippen molar-refractivity contribution in [1.29, 1.82) is 0 Å². The largest absolute Gasteiger partial charge is 0.446 e. The van der Waals surface area contributed by atoms with E-state index in [1.807, 2.05) is 0 Å². The molecular weight excluding hydrogens is 317 g/mol. The number of carbonyl (C=O) groups is 1. The molecule has 0 saturated heterocycles. The van der Waals surface area contributed by atoms with Gasteiger partial charge < -0.3 is 0 Å². The van der Waals surface area contributed by atoms with Crippen molar-refractivity contribution in [2.45, 2.75) is 23.7 Å².